The van der Waals surface area contributed by atoms with Gasteiger partial charge in [-0.05, 0) is 0 Å². The van der Waals surface area contributed by atoms with Crippen molar-refractivity contribution < 1.29 is 28.6 Å². The van der Waals surface area contributed by atoms with Gasteiger partial charge in [0.2, 0.25) is 0 Å². The fourth-order valence-corrected chi connectivity index (χ4v) is 34.8. The molecule has 1 radical (unpaired) electrons. The first-order valence-corrected chi connectivity index (χ1v) is 43.6. The van der Waals surface area contributed by atoms with E-state index in [-0.39, 0.29) is 29.9 Å². The second-order valence-electron chi connectivity index (χ2n) is 20.3. The van der Waals surface area contributed by atoms with Gasteiger partial charge in [-0.3, -0.25) is 0 Å². The van der Waals surface area contributed by atoms with E-state index >= 15 is 0 Å². The van der Waals surface area contributed by atoms with Gasteiger partial charge in [0.1, 0.15) is 0 Å². The maximum atomic E-state index is 13.9. The van der Waals surface area contributed by atoms with E-state index in [9.17, 15) is 14.4 Å². The number of carbonyl (C=O) groups is 3. The van der Waals surface area contributed by atoms with Gasteiger partial charge >= 0.3 is 325 Å². The first kappa shape index (κ1) is 69.3. The van der Waals surface area contributed by atoms with E-state index in [2.05, 4.69) is 34.6 Å². The maximum absolute atomic E-state index is 13.9. The third-order valence-electron chi connectivity index (χ3n) is 13.5. The van der Waals surface area contributed by atoms with Gasteiger partial charge < -0.3 is 0 Å². The number of hydrogen-bond donors (Lipinski definition) is 0. The quantitative estimate of drug-likeness (QED) is 0.0256. The van der Waals surface area contributed by atoms with Gasteiger partial charge in [-0.15, -0.1) is 0 Å². The zero-order valence-electron chi connectivity index (χ0n) is 46.5. The summed E-state index contributed by atoms with van der Waals surface area (Å²) >= 11 is -2.29. The average Bonchev–Trinajstić information content (AvgIpc) is 3.34. The van der Waals surface area contributed by atoms with Crippen LogP contribution in [0, 0.1) is 5.92 Å². The summed E-state index contributed by atoms with van der Waals surface area (Å²) in [5.74, 6) is 2.00. The zero-order chi connectivity index (χ0) is 50.4. The third-order valence-corrected chi connectivity index (χ3v) is 40.8. The van der Waals surface area contributed by atoms with Crippen molar-refractivity contribution in [2.24, 2.45) is 5.92 Å². The Bertz CT molecular complexity index is 1040. The van der Waals surface area contributed by atoms with Crippen LogP contribution in [0.4, 0.5) is 0 Å². The Morgan fingerprint density at radius 1 is 0.362 bits per heavy atom. The Balaban J connectivity index is 5.10. The molecule has 0 bridgehead atoms. The van der Waals surface area contributed by atoms with Crippen molar-refractivity contribution in [3.8, 4) is 0 Å². The van der Waals surface area contributed by atoms with Gasteiger partial charge in [0.05, 0.1) is 0 Å². The van der Waals surface area contributed by atoms with Crippen molar-refractivity contribution in [1.82, 2.24) is 0 Å². The molecule has 2 unspecified atom stereocenters. The summed E-state index contributed by atoms with van der Waals surface area (Å²) in [6, 6.07) is 0. The van der Waals surface area contributed by atoms with Crippen molar-refractivity contribution in [1.29, 1.82) is 0 Å². The molecular formula is C59H115O6S3Sn. The van der Waals surface area contributed by atoms with Crippen LogP contribution in [0.5, 0.6) is 0 Å². The van der Waals surface area contributed by atoms with Gasteiger partial charge in [0.25, 0.3) is 0 Å². The molecule has 0 amide bonds. The molecule has 0 spiro atoms. The van der Waals surface area contributed by atoms with E-state index in [4.69, 9.17) is 14.2 Å². The standard InChI is InChI=1S/C25H50O2S.2C17H34O2S.Sn/c1-4-7-9-10-11-12-13-14-15-16-17-18-20-23(22-28)25(26)27-24(19-6-3)21-8-5-2;2*1-2-3-4-5-6-7-8-9-10-11-12-13-15-19-17(18)14-16-20;/h23-24,28H,4-22H2,1-3H3;2*20H,2-16H2,1H3;/q;;;+3/p-3. The molecule has 69 heavy (non-hydrogen) atoms. The molecule has 2 atom stereocenters. The topological polar surface area (TPSA) is 78.9 Å². The average molecular weight is 1140 g/mol. The molecule has 0 aromatic carbocycles. The fraction of sp³-hybridized carbons (Fsp3) is 0.949. The fourth-order valence-electron chi connectivity index (χ4n) is 8.91. The molecule has 0 saturated carbocycles. The molecule has 6 nitrogen and oxygen atoms in total. The number of ether oxygens (including phenoxy) is 3. The summed E-state index contributed by atoms with van der Waals surface area (Å²) in [5.41, 5.74) is 0. The molecule has 0 aromatic heterocycles. The predicted octanol–water partition coefficient (Wildman–Crippen LogP) is 20.0. The van der Waals surface area contributed by atoms with Crippen molar-refractivity contribution in [2.45, 2.75) is 323 Å². The van der Waals surface area contributed by atoms with Crippen LogP contribution in [0.3, 0.4) is 0 Å². The number of rotatable bonds is 57. The summed E-state index contributed by atoms with van der Waals surface area (Å²) in [7, 11) is 5.90. The summed E-state index contributed by atoms with van der Waals surface area (Å²) in [6.45, 7) is 12.3. The Morgan fingerprint density at radius 3 is 1.04 bits per heavy atom. The summed E-state index contributed by atoms with van der Waals surface area (Å²) in [4.78, 5) is 39.6. The van der Waals surface area contributed by atoms with E-state index in [0.717, 1.165) is 87.9 Å². The van der Waals surface area contributed by atoms with Gasteiger partial charge in [0.15, 0.2) is 0 Å². The molecule has 0 rings (SSSR count). The molecule has 10 heteroatoms. The monoisotopic (exact) mass is 1140 g/mol. The third kappa shape index (κ3) is 51.5. The van der Waals surface area contributed by atoms with Crippen LogP contribution in [-0.4, -0.2) is 70.1 Å². The van der Waals surface area contributed by atoms with Gasteiger partial charge in [0, 0.05) is 0 Å². The number of esters is 3. The zero-order valence-corrected chi connectivity index (χ0v) is 51.8. The second-order valence-corrected chi connectivity index (χ2v) is 44.6. The minimum absolute atomic E-state index is 0.000579. The van der Waals surface area contributed by atoms with E-state index in [0.29, 0.717) is 26.1 Å². The van der Waals surface area contributed by atoms with Gasteiger partial charge in [-0.25, -0.2) is 0 Å². The first-order chi connectivity index (χ1) is 33.9. The molecule has 0 aliphatic rings. The van der Waals surface area contributed by atoms with Crippen molar-refractivity contribution in [3.05, 3.63) is 0 Å². The SMILES string of the molecule is CCCCCCCCCCCCCCOC(=O)CC[S][Sn]([S]CCC(=O)OCCCCCCCCCCCCCC)[S]CC(CCCCCCCCCCCCCC)C(=O)OC(CCC)CCCC. The van der Waals surface area contributed by atoms with E-state index < -0.39 is 15.6 Å². The van der Waals surface area contributed by atoms with Crippen LogP contribution in [0.2, 0.25) is 0 Å². The van der Waals surface area contributed by atoms with E-state index in [1.54, 1.807) is 0 Å². The van der Waals surface area contributed by atoms with Crippen LogP contribution >= 0.6 is 26.8 Å². The first-order valence-electron chi connectivity index (χ1n) is 30.2. The van der Waals surface area contributed by atoms with Crippen LogP contribution in [0.15, 0.2) is 0 Å². The molecule has 0 aromatic rings. The van der Waals surface area contributed by atoms with E-state index in [1.165, 1.54) is 199 Å². The van der Waals surface area contributed by atoms with E-state index in [1.807, 2.05) is 26.8 Å². The van der Waals surface area contributed by atoms with Crippen LogP contribution < -0.4 is 0 Å². The minimum atomic E-state index is -2.29. The summed E-state index contributed by atoms with van der Waals surface area (Å²) < 4.78 is 17.7. The summed E-state index contributed by atoms with van der Waals surface area (Å²) in [6.07, 6.45) is 53.6. The Morgan fingerprint density at radius 2 is 0.696 bits per heavy atom. The molecule has 0 aliphatic heterocycles. The van der Waals surface area contributed by atoms with Crippen molar-refractivity contribution in [2.75, 3.05) is 30.5 Å². The Kier molecular flexibility index (Phi) is 57.8. The Labute approximate surface area is 445 Å². The van der Waals surface area contributed by atoms with Crippen molar-refractivity contribution in [3.63, 3.8) is 0 Å². The molecule has 0 fully saturated rings. The van der Waals surface area contributed by atoms with Crippen LogP contribution in [0.1, 0.15) is 317 Å². The predicted molar refractivity (Wildman–Crippen MR) is 310 cm³/mol. The van der Waals surface area contributed by atoms with Crippen LogP contribution in [0.25, 0.3) is 0 Å². The second kappa shape index (κ2) is 57.5. The molecule has 0 saturated heterocycles. The number of carbonyl (C=O) groups excluding carboxylic acids is 3. The molecule has 409 valence electrons. The normalized spacial score (nSPS) is 12.4. The Hall–Kier alpha value is 0.259. The number of unbranched alkanes of at least 4 members (excludes halogenated alkanes) is 34. The molecule has 0 heterocycles. The summed E-state index contributed by atoms with van der Waals surface area (Å²) in [5, 5.41) is 0. The molecule has 0 N–H and O–H groups in total. The number of hydrogen-bond acceptors (Lipinski definition) is 9. The molecular weight excluding hydrogens is 1020 g/mol. The van der Waals surface area contributed by atoms with Crippen molar-refractivity contribution >= 4 is 60.4 Å². The van der Waals surface area contributed by atoms with Gasteiger partial charge in [-0.2, -0.15) is 0 Å². The van der Waals surface area contributed by atoms with Gasteiger partial charge in [-0.1, -0.05) is 124 Å². The van der Waals surface area contributed by atoms with Crippen LogP contribution in [-0.2, 0) is 28.6 Å². The molecule has 0 aliphatic carbocycles.